The maximum Gasteiger partial charge on any atom is 0.300 e. The lowest BCUT2D eigenvalue weighted by molar-refractivity contribution is -0.134. The van der Waals surface area contributed by atoms with Gasteiger partial charge < -0.3 is 21.1 Å². The van der Waals surface area contributed by atoms with E-state index in [9.17, 15) is 10.2 Å². The van der Waals surface area contributed by atoms with Crippen molar-refractivity contribution in [3.63, 3.8) is 0 Å². The predicted molar refractivity (Wildman–Crippen MR) is 83.9 cm³/mol. The molecule has 0 unspecified atom stereocenters. The number of aliphatic carboxylic acids is 1. The van der Waals surface area contributed by atoms with E-state index in [1.54, 1.807) is 0 Å². The van der Waals surface area contributed by atoms with Gasteiger partial charge >= 0.3 is 0 Å². The molecule has 1 aliphatic carbocycles. The van der Waals surface area contributed by atoms with Gasteiger partial charge in [0.25, 0.3) is 5.97 Å². The van der Waals surface area contributed by atoms with Crippen molar-refractivity contribution < 1.29 is 20.1 Å². The Bertz CT molecular complexity index is 273. The molecule has 3 atom stereocenters. The molecule has 0 aromatic heterocycles. The molecular formula is C16H33NO4. The molecule has 1 rings (SSSR count). The maximum atomic E-state index is 9.99. The third kappa shape index (κ3) is 10.7. The first-order valence-corrected chi connectivity index (χ1v) is 8.05. The lowest BCUT2D eigenvalue weighted by Crippen LogP contribution is -2.44. The van der Waals surface area contributed by atoms with E-state index in [4.69, 9.17) is 15.6 Å². The van der Waals surface area contributed by atoms with Crippen molar-refractivity contribution in [3.05, 3.63) is 0 Å². The standard InChI is InChI=1S/C14H29NO2.C2H4O2/c1-10(2)8-13(16)14(17)12(15)9-11-6-4-3-5-7-11;1-2(3)4/h10-14,16-17H,3-9,15H2,1-2H3;1H3,(H,3,4)/t12-,13-,14+;/m0./s1. The zero-order valence-electron chi connectivity index (χ0n) is 13.7. The molecular weight excluding hydrogens is 270 g/mol. The number of aliphatic hydroxyl groups is 2. The van der Waals surface area contributed by atoms with Crippen molar-refractivity contribution in [2.24, 2.45) is 17.6 Å². The van der Waals surface area contributed by atoms with Gasteiger partial charge in [-0.05, 0) is 24.7 Å². The second kappa shape index (κ2) is 11.0. The van der Waals surface area contributed by atoms with Crippen LogP contribution in [0, 0.1) is 11.8 Å². The Labute approximate surface area is 128 Å². The van der Waals surface area contributed by atoms with E-state index in [2.05, 4.69) is 0 Å². The van der Waals surface area contributed by atoms with Crippen LogP contribution in [0.15, 0.2) is 0 Å². The first-order chi connectivity index (χ1) is 9.73. The highest BCUT2D eigenvalue weighted by Gasteiger charge is 2.26. The Morgan fingerprint density at radius 1 is 1.19 bits per heavy atom. The monoisotopic (exact) mass is 303 g/mol. The smallest absolute Gasteiger partial charge is 0.300 e. The van der Waals surface area contributed by atoms with Crippen LogP contribution in [0.2, 0.25) is 0 Å². The maximum absolute atomic E-state index is 9.99. The molecule has 0 aromatic carbocycles. The van der Waals surface area contributed by atoms with Gasteiger partial charge in [-0.1, -0.05) is 46.0 Å². The van der Waals surface area contributed by atoms with Gasteiger partial charge in [-0.2, -0.15) is 0 Å². The highest BCUT2D eigenvalue weighted by Crippen LogP contribution is 2.28. The van der Waals surface area contributed by atoms with Gasteiger partial charge in [-0.25, -0.2) is 0 Å². The van der Waals surface area contributed by atoms with E-state index < -0.39 is 18.2 Å². The first-order valence-electron chi connectivity index (χ1n) is 8.05. The van der Waals surface area contributed by atoms with E-state index in [1.807, 2.05) is 13.8 Å². The largest absolute Gasteiger partial charge is 0.481 e. The Hall–Kier alpha value is -0.650. The Morgan fingerprint density at radius 3 is 2.10 bits per heavy atom. The van der Waals surface area contributed by atoms with Crippen molar-refractivity contribution in [3.8, 4) is 0 Å². The van der Waals surface area contributed by atoms with Crippen LogP contribution in [0.25, 0.3) is 0 Å². The van der Waals surface area contributed by atoms with Crippen LogP contribution in [-0.4, -0.2) is 39.5 Å². The van der Waals surface area contributed by atoms with Crippen molar-refractivity contribution in [2.45, 2.75) is 84.0 Å². The molecule has 5 heteroatoms. The molecule has 0 aliphatic heterocycles. The summed E-state index contributed by atoms with van der Waals surface area (Å²) in [6.45, 7) is 5.17. The average molecular weight is 303 g/mol. The molecule has 0 spiro atoms. The molecule has 5 N–H and O–H groups in total. The normalized spacial score (nSPS) is 20.3. The quantitative estimate of drug-likeness (QED) is 0.602. The second-order valence-electron chi connectivity index (χ2n) is 6.61. The fourth-order valence-electron chi connectivity index (χ4n) is 2.85. The van der Waals surface area contributed by atoms with Crippen molar-refractivity contribution in [1.82, 2.24) is 0 Å². The SMILES string of the molecule is CC(=O)O.CC(C)C[C@H](O)[C@H](O)[C@@H](N)CC1CCCCC1. The summed E-state index contributed by atoms with van der Waals surface area (Å²) < 4.78 is 0. The van der Waals surface area contributed by atoms with E-state index in [0.29, 0.717) is 18.3 Å². The summed E-state index contributed by atoms with van der Waals surface area (Å²) in [6, 6.07) is -0.271. The zero-order chi connectivity index (χ0) is 16.4. The number of hydrogen-bond donors (Lipinski definition) is 4. The van der Waals surface area contributed by atoms with Gasteiger partial charge in [0.05, 0.1) is 12.2 Å². The average Bonchev–Trinajstić information content (AvgIpc) is 2.37. The van der Waals surface area contributed by atoms with E-state index in [0.717, 1.165) is 13.3 Å². The summed E-state index contributed by atoms with van der Waals surface area (Å²) in [5.74, 6) is 0.209. The van der Waals surface area contributed by atoms with Gasteiger partial charge in [-0.15, -0.1) is 0 Å². The van der Waals surface area contributed by atoms with Gasteiger partial charge in [0.1, 0.15) is 0 Å². The van der Waals surface area contributed by atoms with Crippen LogP contribution < -0.4 is 5.73 Å². The molecule has 1 aliphatic rings. The van der Waals surface area contributed by atoms with Gasteiger partial charge in [0.15, 0.2) is 0 Å². The molecule has 5 nitrogen and oxygen atoms in total. The van der Waals surface area contributed by atoms with E-state index >= 15 is 0 Å². The lowest BCUT2D eigenvalue weighted by Gasteiger charge is -2.29. The van der Waals surface area contributed by atoms with Crippen LogP contribution >= 0.6 is 0 Å². The summed E-state index contributed by atoms with van der Waals surface area (Å²) in [5.41, 5.74) is 6.01. The second-order valence-corrected chi connectivity index (χ2v) is 6.61. The third-order valence-electron chi connectivity index (χ3n) is 3.88. The van der Waals surface area contributed by atoms with Gasteiger partial charge in [0.2, 0.25) is 0 Å². The molecule has 1 fully saturated rings. The molecule has 21 heavy (non-hydrogen) atoms. The molecule has 0 amide bonds. The van der Waals surface area contributed by atoms with Gasteiger partial charge in [-0.3, -0.25) is 4.79 Å². The fourth-order valence-corrected chi connectivity index (χ4v) is 2.85. The van der Waals surface area contributed by atoms with Crippen LogP contribution in [0.1, 0.15) is 65.7 Å². The lowest BCUT2D eigenvalue weighted by atomic mass is 9.83. The van der Waals surface area contributed by atoms with Crippen molar-refractivity contribution >= 4 is 5.97 Å². The zero-order valence-corrected chi connectivity index (χ0v) is 13.7. The van der Waals surface area contributed by atoms with Crippen molar-refractivity contribution in [1.29, 1.82) is 0 Å². The van der Waals surface area contributed by atoms with Crippen LogP contribution in [0.4, 0.5) is 0 Å². The molecule has 0 saturated heterocycles. The predicted octanol–water partition coefficient (Wildman–Crippen LogP) is 2.14. The molecule has 0 aromatic rings. The number of carbonyl (C=O) groups is 1. The number of hydrogen-bond acceptors (Lipinski definition) is 4. The molecule has 0 radical (unpaired) electrons. The summed E-state index contributed by atoms with van der Waals surface area (Å²) in [4.78, 5) is 9.00. The molecule has 0 heterocycles. The van der Waals surface area contributed by atoms with Crippen LogP contribution in [-0.2, 0) is 4.79 Å². The number of rotatable bonds is 6. The summed E-state index contributed by atoms with van der Waals surface area (Å²) in [7, 11) is 0. The first kappa shape index (κ1) is 20.3. The van der Waals surface area contributed by atoms with Gasteiger partial charge in [0, 0.05) is 13.0 Å². The minimum Gasteiger partial charge on any atom is -0.481 e. The number of carboxylic acid groups (broad SMARTS) is 1. The Balaban J connectivity index is 0.000000885. The summed E-state index contributed by atoms with van der Waals surface area (Å²) in [6.07, 6.45) is 6.44. The Morgan fingerprint density at radius 2 is 1.67 bits per heavy atom. The molecule has 1 saturated carbocycles. The van der Waals surface area contributed by atoms with E-state index in [-0.39, 0.29) is 6.04 Å². The minimum atomic E-state index is -0.833. The van der Waals surface area contributed by atoms with Crippen LogP contribution in [0.5, 0.6) is 0 Å². The fraction of sp³-hybridized carbons (Fsp3) is 0.938. The molecule has 126 valence electrons. The highest BCUT2D eigenvalue weighted by atomic mass is 16.4. The summed E-state index contributed by atoms with van der Waals surface area (Å²) >= 11 is 0. The van der Waals surface area contributed by atoms with Crippen molar-refractivity contribution in [2.75, 3.05) is 0 Å². The van der Waals surface area contributed by atoms with Crippen LogP contribution in [0.3, 0.4) is 0 Å². The Kier molecular flexibility index (Phi) is 10.6. The molecule has 0 bridgehead atoms. The summed E-state index contributed by atoms with van der Waals surface area (Å²) in [5, 5.41) is 27.3. The number of aliphatic hydroxyl groups excluding tert-OH is 2. The number of nitrogens with two attached hydrogens (primary N) is 1. The number of carboxylic acids is 1. The topological polar surface area (TPSA) is 104 Å². The minimum absolute atomic E-state index is 0.271. The highest BCUT2D eigenvalue weighted by molar-refractivity contribution is 5.62. The third-order valence-corrected chi connectivity index (χ3v) is 3.88. The van der Waals surface area contributed by atoms with E-state index in [1.165, 1.54) is 32.1 Å².